The maximum atomic E-state index is 13.4. The monoisotopic (exact) mass is 325 g/mol. The normalized spacial score (nSPS) is 10.8. The van der Waals surface area contributed by atoms with Crippen LogP contribution in [0.15, 0.2) is 48.8 Å². The average Bonchev–Trinajstić information content (AvgIpc) is 2.93. The standard InChI is InChI=1S/C18H16FN3O2/c1-12(23)22-11-13(15-6-5-14(19)10-17(15)22)7-9-21-18(24)16-4-2-3-8-20-16/h2-6,8,10-11H,7,9H2,1H3,(H,21,24). The topological polar surface area (TPSA) is 64.0 Å². The van der Waals surface area contributed by atoms with E-state index in [0.29, 0.717) is 24.2 Å². The van der Waals surface area contributed by atoms with Gasteiger partial charge in [0.2, 0.25) is 5.91 Å². The van der Waals surface area contributed by atoms with E-state index >= 15 is 0 Å². The van der Waals surface area contributed by atoms with Gasteiger partial charge in [-0.3, -0.25) is 19.1 Å². The van der Waals surface area contributed by atoms with Gasteiger partial charge in [-0.25, -0.2) is 4.39 Å². The highest BCUT2D eigenvalue weighted by Gasteiger charge is 2.12. The molecule has 0 atom stereocenters. The van der Waals surface area contributed by atoms with Crippen LogP contribution >= 0.6 is 0 Å². The van der Waals surface area contributed by atoms with Crippen LogP contribution < -0.4 is 5.32 Å². The van der Waals surface area contributed by atoms with Crippen LogP contribution in [0.2, 0.25) is 0 Å². The van der Waals surface area contributed by atoms with E-state index in [1.54, 1.807) is 36.7 Å². The zero-order valence-corrected chi connectivity index (χ0v) is 13.1. The summed E-state index contributed by atoms with van der Waals surface area (Å²) in [6.07, 6.45) is 3.78. The Labute approximate surface area is 138 Å². The van der Waals surface area contributed by atoms with Crippen molar-refractivity contribution in [2.45, 2.75) is 13.3 Å². The number of carbonyl (C=O) groups excluding carboxylic acids is 2. The fourth-order valence-corrected chi connectivity index (χ4v) is 2.63. The van der Waals surface area contributed by atoms with Crippen LogP contribution in [0.3, 0.4) is 0 Å². The van der Waals surface area contributed by atoms with E-state index in [1.807, 2.05) is 0 Å². The molecule has 0 aliphatic heterocycles. The molecule has 3 aromatic rings. The Kier molecular flexibility index (Phi) is 4.37. The van der Waals surface area contributed by atoms with Gasteiger partial charge in [-0.2, -0.15) is 0 Å². The van der Waals surface area contributed by atoms with E-state index in [1.165, 1.54) is 23.6 Å². The number of hydrogen-bond acceptors (Lipinski definition) is 3. The van der Waals surface area contributed by atoms with E-state index in [4.69, 9.17) is 0 Å². The quantitative estimate of drug-likeness (QED) is 0.802. The van der Waals surface area contributed by atoms with Crippen molar-refractivity contribution in [1.82, 2.24) is 14.9 Å². The Hall–Kier alpha value is -3.02. The molecular weight excluding hydrogens is 309 g/mol. The van der Waals surface area contributed by atoms with Crippen LogP contribution in [0.1, 0.15) is 27.8 Å². The third kappa shape index (κ3) is 3.17. The molecule has 0 spiro atoms. The lowest BCUT2D eigenvalue weighted by Gasteiger charge is -2.04. The molecule has 1 aromatic carbocycles. The molecule has 24 heavy (non-hydrogen) atoms. The molecule has 1 N–H and O–H groups in total. The molecule has 2 heterocycles. The molecule has 5 nitrogen and oxygen atoms in total. The predicted octanol–water partition coefficient (Wildman–Crippen LogP) is 2.81. The zero-order valence-electron chi connectivity index (χ0n) is 13.1. The van der Waals surface area contributed by atoms with E-state index in [2.05, 4.69) is 10.3 Å². The van der Waals surface area contributed by atoms with Crippen molar-refractivity contribution in [3.63, 3.8) is 0 Å². The largest absolute Gasteiger partial charge is 0.350 e. The zero-order chi connectivity index (χ0) is 17.1. The number of nitrogens with zero attached hydrogens (tertiary/aromatic N) is 2. The predicted molar refractivity (Wildman–Crippen MR) is 88.5 cm³/mol. The summed E-state index contributed by atoms with van der Waals surface area (Å²) >= 11 is 0. The highest BCUT2D eigenvalue weighted by molar-refractivity contribution is 5.94. The molecule has 3 rings (SSSR count). The Morgan fingerprint density at radius 1 is 1.25 bits per heavy atom. The minimum Gasteiger partial charge on any atom is -0.350 e. The maximum Gasteiger partial charge on any atom is 0.269 e. The number of rotatable bonds is 4. The second-order valence-electron chi connectivity index (χ2n) is 5.43. The molecule has 0 saturated heterocycles. The number of pyridine rings is 1. The number of benzene rings is 1. The second-order valence-corrected chi connectivity index (χ2v) is 5.43. The number of carbonyl (C=O) groups is 2. The third-order valence-electron chi connectivity index (χ3n) is 3.77. The summed E-state index contributed by atoms with van der Waals surface area (Å²) in [5.74, 6) is -0.829. The number of nitrogens with one attached hydrogen (secondary N) is 1. The van der Waals surface area contributed by atoms with Gasteiger partial charge in [0.1, 0.15) is 11.5 Å². The summed E-state index contributed by atoms with van der Waals surface area (Å²) in [7, 11) is 0. The van der Waals surface area contributed by atoms with Crippen LogP contribution in [-0.2, 0) is 6.42 Å². The van der Waals surface area contributed by atoms with Crippen molar-refractivity contribution < 1.29 is 14.0 Å². The van der Waals surface area contributed by atoms with Crippen molar-refractivity contribution in [3.8, 4) is 0 Å². The van der Waals surface area contributed by atoms with E-state index in [-0.39, 0.29) is 11.8 Å². The Morgan fingerprint density at radius 3 is 2.79 bits per heavy atom. The van der Waals surface area contributed by atoms with Crippen molar-refractivity contribution in [2.24, 2.45) is 0 Å². The molecule has 0 bridgehead atoms. The molecule has 0 saturated carbocycles. The van der Waals surface area contributed by atoms with Gasteiger partial charge >= 0.3 is 0 Å². The first-order chi connectivity index (χ1) is 11.6. The summed E-state index contributed by atoms with van der Waals surface area (Å²) in [6, 6.07) is 9.48. The van der Waals surface area contributed by atoms with Crippen LogP contribution in [0, 0.1) is 5.82 Å². The summed E-state index contributed by atoms with van der Waals surface area (Å²) < 4.78 is 14.9. The van der Waals surface area contributed by atoms with Gasteiger partial charge in [-0.05, 0) is 42.3 Å². The van der Waals surface area contributed by atoms with Crippen LogP contribution in [-0.4, -0.2) is 27.9 Å². The van der Waals surface area contributed by atoms with E-state index in [9.17, 15) is 14.0 Å². The minimum atomic E-state index is -0.391. The second kappa shape index (κ2) is 6.62. The van der Waals surface area contributed by atoms with E-state index < -0.39 is 5.82 Å². The molecule has 0 radical (unpaired) electrons. The maximum absolute atomic E-state index is 13.4. The first-order valence-corrected chi connectivity index (χ1v) is 7.56. The summed E-state index contributed by atoms with van der Waals surface area (Å²) in [5.41, 5.74) is 1.76. The molecule has 6 heteroatoms. The highest BCUT2D eigenvalue weighted by Crippen LogP contribution is 2.23. The van der Waals surface area contributed by atoms with Crippen molar-refractivity contribution in [2.75, 3.05) is 6.54 Å². The fourth-order valence-electron chi connectivity index (χ4n) is 2.63. The summed E-state index contributed by atoms with van der Waals surface area (Å²) in [4.78, 5) is 27.7. The lowest BCUT2D eigenvalue weighted by atomic mass is 10.1. The molecule has 0 unspecified atom stereocenters. The molecule has 0 fully saturated rings. The molecule has 122 valence electrons. The molecule has 0 aliphatic rings. The molecular formula is C18H16FN3O2. The number of hydrogen-bond donors (Lipinski definition) is 1. The van der Waals surface area contributed by atoms with E-state index in [0.717, 1.165) is 10.9 Å². The van der Waals surface area contributed by atoms with Gasteiger partial charge in [0.15, 0.2) is 0 Å². The van der Waals surface area contributed by atoms with Crippen molar-refractivity contribution in [1.29, 1.82) is 0 Å². The first-order valence-electron chi connectivity index (χ1n) is 7.56. The SMILES string of the molecule is CC(=O)n1cc(CCNC(=O)c2ccccn2)c2ccc(F)cc21. The summed E-state index contributed by atoms with van der Waals surface area (Å²) in [6.45, 7) is 1.82. The number of amides is 1. The van der Waals surface area contributed by atoms with Crippen molar-refractivity contribution >= 4 is 22.7 Å². The van der Waals surface area contributed by atoms with Gasteiger partial charge in [0.25, 0.3) is 5.91 Å². The lowest BCUT2D eigenvalue weighted by molar-refractivity contribution is 0.0935. The molecule has 2 aromatic heterocycles. The Balaban J connectivity index is 1.76. The number of halogens is 1. The molecule has 0 aliphatic carbocycles. The third-order valence-corrected chi connectivity index (χ3v) is 3.77. The Morgan fingerprint density at radius 2 is 2.08 bits per heavy atom. The van der Waals surface area contributed by atoms with Crippen LogP contribution in [0.5, 0.6) is 0 Å². The van der Waals surface area contributed by atoms with Gasteiger partial charge in [-0.1, -0.05) is 6.07 Å². The fraction of sp³-hybridized carbons (Fsp3) is 0.167. The van der Waals surface area contributed by atoms with Crippen LogP contribution in [0.4, 0.5) is 4.39 Å². The first kappa shape index (κ1) is 15.9. The number of fused-ring (bicyclic) bond motifs is 1. The van der Waals surface area contributed by atoms with Crippen molar-refractivity contribution in [3.05, 3.63) is 65.9 Å². The molecule has 1 amide bonds. The minimum absolute atomic E-state index is 0.186. The smallest absolute Gasteiger partial charge is 0.269 e. The van der Waals surface area contributed by atoms with Gasteiger partial charge in [-0.15, -0.1) is 0 Å². The van der Waals surface area contributed by atoms with Gasteiger partial charge in [0, 0.05) is 31.2 Å². The lowest BCUT2D eigenvalue weighted by Crippen LogP contribution is -2.26. The van der Waals surface area contributed by atoms with Gasteiger partial charge in [0.05, 0.1) is 5.52 Å². The Bertz CT molecular complexity index is 903. The number of aromatic nitrogens is 2. The van der Waals surface area contributed by atoms with Gasteiger partial charge < -0.3 is 5.32 Å². The highest BCUT2D eigenvalue weighted by atomic mass is 19.1. The van der Waals surface area contributed by atoms with Crippen LogP contribution in [0.25, 0.3) is 10.9 Å². The summed E-state index contributed by atoms with van der Waals surface area (Å²) in [5, 5.41) is 3.60. The average molecular weight is 325 g/mol.